The number of piperidine rings is 1. The normalized spacial score (nSPS) is 26.5. The van der Waals surface area contributed by atoms with E-state index in [-0.39, 0.29) is 0 Å². The van der Waals surface area contributed by atoms with Crippen LogP contribution in [0.3, 0.4) is 0 Å². The van der Waals surface area contributed by atoms with Gasteiger partial charge in [0.15, 0.2) is 0 Å². The second-order valence-corrected chi connectivity index (χ2v) is 5.78. The molecule has 0 aliphatic carbocycles. The van der Waals surface area contributed by atoms with Crippen LogP contribution in [-0.2, 0) is 0 Å². The molecule has 2 N–H and O–H groups in total. The molecule has 2 aliphatic rings. The lowest BCUT2D eigenvalue weighted by Crippen LogP contribution is -2.41. The maximum Gasteiger partial charge on any atom is 0.00244 e. The van der Waals surface area contributed by atoms with Crippen LogP contribution in [0.25, 0.3) is 0 Å². The monoisotopic (exact) mass is 239 g/mol. The number of likely N-dealkylation sites (tertiary alicyclic amines) is 2. The van der Waals surface area contributed by atoms with Crippen molar-refractivity contribution in [2.45, 2.75) is 32.6 Å². The summed E-state index contributed by atoms with van der Waals surface area (Å²) in [6.07, 6.45) is 5.52. The Bertz CT molecular complexity index is 206. The molecule has 0 spiro atoms. The molecule has 2 aliphatic heterocycles. The molecule has 0 amide bonds. The van der Waals surface area contributed by atoms with Crippen LogP contribution in [-0.4, -0.2) is 55.6 Å². The Morgan fingerprint density at radius 3 is 2.24 bits per heavy atom. The van der Waals surface area contributed by atoms with E-state index in [1.165, 1.54) is 65.0 Å². The van der Waals surface area contributed by atoms with Crippen LogP contribution in [0.5, 0.6) is 0 Å². The molecule has 3 nitrogen and oxygen atoms in total. The smallest absolute Gasteiger partial charge is 0.00244 e. The van der Waals surface area contributed by atoms with E-state index >= 15 is 0 Å². The fraction of sp³-hybridized carbons (Fsp3) is 1.00. The van der Waals surface area contributed by atoms with Crippen LogP contribution in [0.4, 0.5) is 0 Å². The molecule has 1 unspecified atom stereocenters. The molecule has 2 fully saturated rings. The zero-order chi connectivity index (χ0) is 12.1. The molecule has 100 valence electrons. The molecule has 0 aromatic heterocycles. The van der Waals surface area contributed by atoms with Crippen LogP contribution < -0.4 is 5.73 Å². The first kappa shape index (κ1) is 13.3. The molecule has 1 atom stereocenters. The molecule has 0 radical (unpaired) electrons. The summed E-state index contributed by atoms with van der Waals surface area (Å²) in [6.45, 7) is 10.8. The van der Waals surface area contributed by atoms with E-state index in [0.717, 1.165) is 18.4 Å². The van der Waals surface area contributed by atoms with Crippen LogP contribution in [0.1, 0.15) is 32.6 Å². The summed E-state index contributed by atoms with van der Waals surface area (Å²) in [5.74, 6) is 1.62. The standard InChI is InChI=1S/C14H29N3/c1-2-16-9-5-13(6-10-16)14(11-15)12-17-7-3-4-8-17/h13-14H,2-12,15H2,1H3. The summed E-state index contributed by atoms with van der Waals surface area (Å²) in [5, 5.41) is 0. The second kappa shape index (κ2) is 6.72. The first-order chi connectivity index (χ1) is 8.33. The van der Waals surface area contributed by atoms with Crippen LogP contribution in [0, 0.1) is 11.8 Å². The van der Waals surface area contributed by atoms with Gasteiger partial charge in [-0.15, -0.1) is 0 Å². The minimum absolute atomic E-state index is 0.743. The number of hydrogen-bond acceptors (Lipinski definition) is 3. The van der Waals surface area contributed by atoms with Crippen molar-refractivity contribution in [2.75, 3.05) is 45.8 Å². The van der Waals surface area contributed by atoms with Gasteiger partial charge in [-0.2, -0.15) is 0 Å². The number of nitrogens with zero attached hydrogens (tertiary/aromatic N) is 2. The van der Waals surface area contributed by atoms with E-state index in [0.29, 0.717) is 0 Å². The molecule has 3 heteroatoms. The fourth-order valence-corrected chi connectivity index (χ4v) is 3.45. The Labute approximate surface area is 106 Å². The third kappa shape index (κ3) is 3.67. The first-order valence-corrected chi connectivity index (χ1v) is 7.48. The summed E-state index contributed by atoms with van der Waals surface area (Å²) in [7, 11) is 0. The minimum Gasteiger partial charge on any atom is -0.330 e. The summed E-state index contributed by atoms with van der Waals surface area (Å²) in [4.78, 5) is 5.20. The van der Waals surface area contributed by atoms with E-state index in [9.17, 15) is 0 Å². The topological polar surface area (TPSA) is 32.5 Å². The molecular formula is C14H29N3. The van der Waals surface area contributed by atoms with E-state index in [1.807, 2.05) is 0 Å². The Morgan fingerprint density at radius 2 is 1.71 bits per heavy atom. The van der Waals surface area contributed by atoms with Crippen LogP contribution in [0.2, 0.25) is 0 Å². The summed E-state index contributed by atoms with van der Waals surface area (Å²) in [6, 6.07) is 0. The van der Waals surface area contributed by atoms with Crippen molar-refractivity contribution in [3.63, 3.8) is 0 Å². The van der Waals surface area contributed by atoms with Gasteiger partial charge in [-0.25, -0.2) is 0 Å². The van der Waals surface area contributed by atoms with Gasteiger partial charge < -0.3 is 15.5 Å². The SMILES string of the molecule is CCN1CCC(C(CN)CN2CCCC2)CC1. The molecule has 2 rings (SSSR count). The van der Waals surface area contributed by atoms with Crippen molar-refractivity contribution in [3.05, 3.63) is 0 Å². The summed E-state index contributed by atoms with van der Waals surface area (Å²) >= 11 is 0. The van der Waals surface area contributed by atoms with Crippen LogP contribution >= 0.6 is 0 Å². The van der Waals surface area contributed by atoms with E-state index in [4.69, 9.17) is 5.73 Å². The Hall–Kier alpha value is -0.120. The van der Waals surface area contributed by atoms with Gasteiger partial charge in [0, 0.05) is 6.54 Å². The largest absolute Gasteiger partial charge is 0.330 e. The van der Waals surface area contributed by atoms with Crippen LogP contribution in [0.15, 0.2) is 0 Å². The number of hydrogen-bond donors (Lipinski definition) is 1. The average Bonchev–Trinajstić information content (AvgIpc) is 2.89. The van der Waals surface area contributed by atoms with Crippen molar-refractivity contribution in [1.82, 2.24) is 9.80 Å². The quantitative estimate of drug-likeness (QED) is 0.787. The highest BCUT2D eigenvalue weighted by Crippen LogP contribution is 2.26. The summed E-state index contributed by atoms with van der Waals surface area (Å²) in [5.41, 5.74) is 6.01. The Morgan fingerprint density at radius 1 is 1.06 bits per heavy atom. The van der Waals surface area contributed by atoms with Gasteiger partial charge >= 0.3 is 0 Å². The van der Waals surface area contributed by atoms with Crippen molar-refractivity contribution in [2.24, 2.45) is 17.6 Å². The fourth-order valence-electron chi connectivity index (χ4n) is 3.45. The molecule has 0 aromatic carbocycles. The second-order valence-electron chi connectivity index (χ2n) is 5.78. The average molecular weight is 239 g/mol. The van der Waals surface area contributed by atoms with Gasteiger partial charge in [0.1, 0.15) is 0 Å². The highest BCUT2D eigenvalue weighted by Gasteiger charge is 2.27. The first-order valence-electron chi connectivity index (χ1n) is 7.48. The molecule has 17 heavy (non-hydrogen) atoms. The molecule has 2 heterocycles. The Kier molecular flexibility index (Phi) is 5.26. The highest BCUT2D eigenvalue weighted by atomic mass is 15.1. The molecule has 0 bridgehead atoms. The third-order valence-electron chi connectivity index (χ3n) is 4.74. The van der Waals surface area contributed by atoms with Gasteiger partial charge in [-0.05, 0) is 76.8 Å². The van der Waals surface area contributed by atoms with E-state index < -0.39 is 0 Å². The lowest BCUT2D eigenvalue weighted by molar-refractivity contribution is 0.132. The van der Waals surface area contributed by atoms with Gasteiger partial charge in [0.25, 0.3) is 0 Å². The predicted octanol–water partition coefficient (Wildman–Crippen LogP) is 1.39. The van der Waals surface area contributed by atoms with Gasteiger partial charge in [0.05, 0.1) is 0 Å². The predicted molar refractivity (Wildman–Crippen MR) is 73.1 cm³/mol. The van der Waals surface area contributed by atoms with E-state index in [1.54, 1.807) is 0 Å². The van der Waals surface area contributed by atoms with Crippen molar-refractivity contribution >= 4 is 0 Å². The summed E-state index contributed by atoms with van der Waals surface area (Å²) < 4.78 is 0. The third-order valence-corrected chi connectivity index (χ3v) is 4.74. The Balaban J connectivity index is 1.77. The van der Waals surface area contributed by atoms with Gasteiger partial charge in [0.2, 0.25) is 0 Å². The molecular weight excluding hydrogens is 210 g/mol. The number of rotatable bonds is 5. The van der Waals surface area contributed by atoms with Gasteiger partial charge in [-0.1, -0.05) is 6.92 Å². The van der Waals surface area contributed by atoms with Crippen molar-refractivity contribution in [3.8, 4) is 0 Å². The zero-order valence-electron chi connectivity index (χ0n) is 11.4. The van der Waals surface area contributed by atoms with Gasteiger partial charge in [-0.3, -0.25) is 0 Å². The minimum atomic E-state index is 0.743. The number of nitrogens with two attached hydrogens (primary N) is 1. The molecule has 2 saturated heterocycles. The van der Waals surface area contributed by atoms with Crippen molar-refractivity contribution < 1.29 is 0 Å². The highest BCUT2D eigenvalue weighted by molar-refractivity contribution is 4.81. The van der Waals surface area contributed by atoms with Crippen molar-refractivity contribution in [1.29, 1.82) is 0 Å². The lowest BCUT2D eigenvalue weighted by Gasteiger charge is -2.36. The maximum atomic E-state index is 6.01. The molecule has 0 saturated carbocycles. The maximum absolute atomic E-state index is 6.01. The van der Waals surface area contributed by atoms with E-state index in [2.05, 4.69) is 16.7 Å². The zero-order valence-corrected chi connectivity index (χ0v) is 11.4. The molecule has 0 aromatic rings. The lowest BCUT2D eigenvalue weighted by atomic mass is 9.84.